The Balaban J connectivity index is 2.04. The second kappa shape index (κ2) is 13.2. The standard InChI is InChI=1S/C27H39BrN2OPS/c1-5-8-19-32(20-9-6-2,21-10-7-3)27-30(24-15-13-23(28)14-16-24)29-26(33-27)22-11-17-25(31-4)18-12-22/h11-18,27H,5-10,19-21H2,1-4H3/q+1. The average Bonchev–Trinajstić information content (AvgIpc) is 3.30. The molecule has 2 aromatic rings. The molecule has 1 aliphatic heterocycles. The second-order valence-electron chi connectivity index (χ2n) is 8.85. The summed E-state index contributed by atoms with van der Waals surface area (Å²) in [5.41, 5.74) is 2.39. The van der Waals surface area contributed by atoms with Crippen molar-refractivity contribution in [1.29, 1.82) is 0 Å². The van der Waals surface area contributed by atoms with Crippen LogP contribution in [-0.2, 0) is 0 Å². The summed E-state index contributed by atoms with van der Waals surface area (Å²) in [6, 6.07) is 17.1. The van der Waals surface area contributed by atoms with Crippen LogP contribution in [0.3, 0.4) is 0 Å². The summed E-state index contributed by atoms with van der Waals surface area (Å²) < 4.78 is 6.49. The first-order chi connectivity index (χ1) is 16.1. The molecular formula is C27H39BrN2OPS+. The number of hydrogen-bond acceptors (Lipinski definition) is 4. The molecule has 0 aromatic heterocycles. The first-order valence-electron chi connectivity index (χ1n) is 12.4. The molecule has 1 heterocycles. The van der Waals surface area contributed by atoms with E-state index < -0.39 is 7.26 Å². The van der Waals surface area contributed by atoms with E-state index in [0.29, 0.717) is 5.11 Å². The van der Waals surface area contributed by atoms with Gasteiger partial charge in [0, 0.05) is 10.0 Å². The van der Waals surface area contributed by atoms with Gasteiger partial charge in [-0.05, 0) is 79.6 Å². The molecule has 2 aromatic carbocycles. The first kappa shape index (κ1) is 26.6. The maximum absolute atomic E-state index is 5.39. The number of anilines is 1. The van der Waals surface area contributed by atoms with E-state index in [1.54, 1.807) is 7.11 Å². The molecule has 180 valence electrons. The van der Waals surface area contributed by atoms with Crippen molar-refractivity contribution in [3.05, 3.63) is 58.6 Å². The zero-order valence-corrected chi connectivity index (χ0v) is 23.9. The van der Waals surface area contributed by atoms with Crippen LogP contribution in [0.1, 0.15) is 64.9 Å². The molecule has 1 aliphatic rings. The van der Waals surface area contributed by atoms with Crippen LogP contribution in [-0.4, -0.2) is 35.8 Å². The van der Waals surface area contributed by atoms with Crippen molar-refractivity contribution in [2.75, 3.05) is 30.6 Å². The third-order valence-corrected chi connectivity index (χ3v) is 14.3. The van der Waals surface area contributed by atoms with E-state index in [9.17, 15) is 0 Å². The molecule has 0 saturated heterocycles. The molecule has 6 heteroatoms. The van der Waals surface area contributed by atoms with Gasteiger partial charge in [-0.1, -0.05) is 56.0 Å². The zero-order chi connectivity index (χ0) is 23.7. The monoisotopic (exact) mass is 549 g/mol. The molecule has 3 nitrogen and oxygen atoms in total. The number of unbranched alkanes of at least 4 members (excludes halogenated alkanes) is 3. The van der Waals surface area contributed by atoms with Gasteiger partial charge in [0.25, 0.3) is 0 Å². The van der Waals surface area contributed by atoms with Gasteiger partial charge in [0.1, 0.15) is 10.8 Å². The highest BCUT2D eigenvalue weighted by Gasteiger charge is 2.51. The molecule has 0 saturated carbocycles. The molecule has 0 amide bonds. The Morgan fingerprint density at radius 3 is 1.91 bits per heavy atom. The normalized spacial score (nSPS) is 16.2. The summed E-state index contributed by atoms with van der Waals surface area (Å²) in [5.74, 6) is 0.888. The molecule has 0 fully saturated rings. The Bertz CT molecular complexity index is 866. The minimum atomic E-state index is -1.26. The van der Waals surface area contributed by atoms with Crippen LogP contribution in [0.2, 0.25) is 0 Å². The Labute approximate surface area is 214 Å². The summed E-state index contributed by atoms with van der Waals surface area (Å²) in [5, 5.41) is 9.21. The Kier molecular flexibility index (Phi) is 10.6. The van der Waals surface area contributed by atoms with E-state index >= 15 is 0 Å². The highest BCUT2D eigenvalue weighted by Crippen LogP contribution is 2.70. The van der Waals surface area contributed by atoms with Crippen molar-refractivity contribution < 1.29 is 4.74 Å². The quantitative estimate of drug-likeness (QED) is 0.233. The van der Waals surface area contributed by atoms with Crippen LogP contribution in [0, 0.1) is 0 Å². The highest BCUT2D eigenvalue weighted by molar-refractivity contribution is 9.10. The molecule has 33 heavy (non-hydrogen) atoms. The molecule has 0 N–H and O–H groups in total. The summed E-state index contributed by atoms with van der Waals surface area (Å²) in [6.07, 6.45) is 11.9. The number of thioether (sulfide) groups is 1. The number of rotatable bonds is 13. The Morgan fingerprint density at radius 2 is 1.42 bits per heavy atom. The van der Waals surface area contributed by atoms with Gasteiger partial charge in [-0.25, -0.2) is 5.01 Å². The van der Waals surface area contributed by atoms with Crippen molar-refractivity contribution in [2.45, 2.75) is 64.4 Å². The van der Waals surface area contributed by atoms with Gasteiger partial charge in [0.05, 0.1) is 38.5 Å². The predicted molar refractivity (Wildman–Crippen MR) is 154 cm³/mol. The lowest BCUT2D eigenvalue weighted by atomic mass is 10.2. The van der Waals surface area contributed by atoms with Gasteiger partial charge in [-0.3, -0.25) is 0 Å². The van der Waals surface area contributed by atoms with E-state index in [-0.39, 0.29) is 0 Å². The zero-order valence-electron chi connectivity index (χ0n) is 20.6. The molecule has 0 aliphatic carbocycles. The lowest BCUT2D eigenvalue weighted by molar-refractivity contribution is 0.415. The Hall–Kier alpha value is -1.03. The third-order valence-electron chi connectivity index (χ3n) is 6.39. The van der Waals surface area contributed by atoms with Crippen LogP contribution in [0.5, 0.6) is 5.75 Å². The maximum Gasteiger partial charge on any atom is 0.212 e. The van der Waals surface area contributed by atoms with Crippen LogP contribution < -0.4 is 9.75 Å². The average molecular weight is 551 g/mol. The van der Waals surface area contributed by atoms with Gasteiger partial charge in [-0.15, -0.1) is 0 Å². The first-order valence-corrected chi connectivity index (χ1v) is 16.5. The topological polar surface area (TPSA) is 24.8 Å². The minimum absolute atomic E-state index is 0.417. The molecule has 0 radical (unpaired) electrons. The van der Waals surface area contributed by atoms with E-state index in [2.05, 4.69) is 78.1 Å². The van der Waals surface area contributed by atoms with Gasteiger partial charge in [0.2, 0.25) is 5.11 Å². The molecule has 1 atom stereocenters. The number of hydrazone groups is 1. The van der Waals surface area contributed by atoms with Crippen molar-refractivity contribution in [2.24, 2.45) is 5.10 Å². The summed E-state index contributed by atoms with van der Waals surface area (Å²) in [6.45, 7) is 7.01. The highest BCUT2D eigenvalue weighted by atomic mass is 79.9. The third kappa shape index (κ3) is 6.77. The van der Waals surface area contributed by atoms with E-state index in [1.165, 1.54) is 68.3 Å². The number of hydrogen-bond donors (Lipinski definition) is 0. The maximum atomic E-state index is 5.39. The van der Waals surface area contributed by atoms with Crippen molar-refractivity contribution >= 4 is 45.7 Å². The molecule has 1 unspecified atom stereocenters. The van der Waals surface area contributed by atoms with Crippen LogP contribution >= 0.6 is 35.0 Å². The van der Waals surface area contributed by atoms with Crippen LogP contribution in [0.25, 0.3) is 0 Å². The SMILES string of the molecule is CCCC[P+](CCCC)(CCCC)C1SC(c2ccc(OC)cc2)=NN1c1ccc(Br)cc1. The summed E-state index contributed by atoms with van der Waals surface area (Å²) >= 11 is 5.62. The summed E-state index contributed by atoms with van der Waals surface area (Å²) in [4.78, 5) is 0. The second-order valence-corrected chi connectivity index (χ2v) is 15.5. The molecule has 0 spiro atoms. The number of ether oxygens (including phenoxy) is 1. The Morgan fingerprint density at radius 1 is 0.879 bits per heavy atom. The summed E-state index contributed by atoms with van der Waals surface area (Å²) in [7, 11) is 0.456. The fourth-order valence-electron chi connectivity index (χ4n) is 4.39. The fourth-order valence-corrected chi connectivity index (χ4v) is 12.5. The van der Waals surface area contributed by atoms with Crippen LogP contribution in [0.15, 0.2) is 58.1 Å². The predicted octanol–water partition coefficient (Wildman–Crippen LogP) is 9.07. The number of methoxy groups -OCH3 is 1. The fraction of sp³-hybridized carbons (Fsp3) is 0.519. The van der Waals surface area contributed by atoms with Crippen LogP contribution in [0.4, 0.5) is 5.69 Å². The number of halogens is 1. The number of nitrogens with zero attached hydrogens (tertiary/aromatic N) is 2. The van der Waals surface area contributed by atoms with Crippen molar-refractivity contribution in [1.82, 2.24) is 0 Å². The van der Waals surface area contributed by atoms with Gasteiger partial charge in [-0.2, -0.15) is 5.10 Å². The molecule has 0 bridgehead atoms. The van der Waals surface area contributed by atoms with Crippen molar-refractivity contribution in [3.63, 3.8) is 0 Å². The lowest BCUT2D eigenvalue weighted by Crippen LogP contribution is -2.31. The van der Waals surface area contributed by atoms with Gasteiger partial charge in [0.15, 0.2) is 0 Å². The molecule has 3 rings (SSSR count). The smallest absolute Gasteiger partial charge is 0.212 e. The van der Waals surface area contributed by atoms with E-state index in [4.69, 9.17) is 9.84 Å². The van der Waals surface area contributed by atoms with E-state index in [1.807, 2.05) is 23.9 Å². The van der Waals surface area contributed by atoms with Gasteiger partial charge >= 0.3 is 0 Å². The van der Waals surface area contributed by atoms with Gasteiger partial charge < -0.3 is 4.74 Å². The number of benzene rings is 2. The largest absolute Gasteiger partial charge is 0.497 e. The molecular weight excluding hydrogens is 511 g/mol. The minimum Gasteiger partial charge on any atom is -0.497 e. The van der Waals surface area contributed by atoms with E-state index in [0.717, 1.165) is 15.3 Å². The van der Waals surface area contributed by atoms with Crippen molar-refractivity contribution in [3.8, 4) is 5.75 Å². The lowest BCUT2D eigenvalue weighted by Gasteiger charge is -2.36.